The summed E-state index contributed by atoms with van der Waals surface area (Å²) >= 11 is 0. The zero-order valence-electron chi connectivity index (χ0n) is 12.4. The van der Waals surface area contributed by atoms with E-state index in [1.165, 1.54) is 12.6 Å². The average molecular weight is 277 g/mol. The molecule has 1 amide bonds. The zero-order valence-corrected chi connectivity index (χ0v) is 12.4. The first-order valence-corrected chi connectivity index (χ1v) is 7.27. The molecular weight excluding hydrogens is 254 g/mol. The lowest BCUT2D eigenvalue weighted by molar-refractivity contribution is 0.0366. The molecule has 1 fully saturated rings. The minimum Gasteiger partial charge on any atom is -0.369 e. The number of hydrogen-bond acceptors (Lipinski definition) is 5. The molecule has 2 rings (SSSR count). The van der Waals surface area contributed by atoms with Crippen LogP contribution in [0.3, 0.4) is 0 Å². The minimum atomic E-state index is -0.196. The van der Waals surface area contributed by atoms with Gasteiger partial charge >= 0.3 is 0 Å². The van der Waals surface area contributed by atoms with Gasteiger partial charge in [-0.15, -0.1) is 0 Å². The molecule has 0 bridgehead atoms. The first-order chi connectivity index (χ1) is 9.61. The second kappa shape index (κ2) is 6.65. The van der Waals surface area contributed by atoms with Crippen molar-refractivity contribution in [1.29, 1.82) is 0 Å². The fraction of sp³-hybridized carbons (Fsp3) is 0.643. The van der Waals surface area contributed by atoms with Crippen LogP contribution in [-0.2, 0) is 0 Å². The number of hydrogen-bond donors (Lipinski definition) is 2. The molecule has 0 saturated carbocycles. The van der Waals surface area contributed by atoms with Gasteiger partial charge in [-0.3, -0.25) is 15.2 Å². The van der Waals surface area contributed by atoms with Gasteiger partial charge in [-0.25, -0.2) is 9.99 Å². The number of nitrogens with one attached hydrogen (secondary N) is 2. The third kappa shape index (κ3) is 3.45. The van der Waals surface area contributed by atoms with Crippen molar-refractivity contribution in [2.45, 2.75) is 52.1 Å². The van der Waals surface area contributed by atoms with Gasteiger partial charge in [-0.05, 0) is 33.6 Å². The summed E-state index contributed by atoms with van der Waals surface area (Å²) in [6.45, 7) is 7.00. The summed E-state index contributed by atoms with van der Waals surface area (Å²) in [5.41, 5.74) is 3.31. The van der Waals surface area contributed by atoms with E-state index in [-0.39, 0.29) is 5.91 Å². The molecule has 2 atom stereocenters. The monoisotopic (exact) mass is 277 g/mol. The fourth-order valence-corrected chi connectivity index (χ4v) is 2.56. The maximum absolute atomic E-state index is 12.3. The smallest absolute Gasteiger partial charge is 0.285 e. The summed E-state index contributed by atoms with van der Waals surface area (Å²) < 4.78 is 0. The highest BCUT2D eigenvalue weighted by atomic mass is 16.2. The maximum atomic E-state index is 12.3. The number of carbonyl (C=O) groups excluding carboxylic acids is 1. The molecule has 6 heteroatoms. The second-order valence-electron chi connectivity index (χ2n) is 5.30. The van der Waals surface area contributed by atoms with Crippen LogP contribution >= 0.6 is 0 Å². The lowest BCUT2D eigenvalue weighted by Gasteiger charge is -2.38. The molecule has 110 valence electrons. The highest BCUT2D eigenvalue weighted by Gasteiger charge is 2.26. The molecule has 20 heavy (non-hydrogen) atoms. The van der Waals surface area contributed by atoms with E-state index in [1.54, 1.807) is 6.20 Å². The zero-order chi connectivity index (χ0) is 14.5. The van der Waals surface area contributed by atoms with Crippen LogP contribution in [0.15, 0.2) is 12.4 Å². The largest absolute Gasteiger partial charge is 0.369 e. The molecule has 1 aliphatic rings. The van der Waals surface area contributed by atoms with E-state index in [0.29, 0.717) is 23.6 Å². The number of hydrazine groups is 1. The molecular formula is C14H23N5O. The van der Waals surface area contributed by atoms with Crippen molar-refractivity contribution in [2.75, 3.05) is 11.9 Å². The molecule has 6 nitrogen and oxygen atoms in total. The van der Waals surface area contributed by atoms with Crippen LogP contribution < -0.4 is 10.7 Å². The number of anilines is 1. The van der Waals surface area contributed by atoms with Crippen molar-refractivity contribution in [3.8, 4) is 0 Å². The number of aromatic nitrogens is 2. The Morgan fingerprint density at radius 3 is 2.70 bits per heavy atom. The maximum Gasteiger partial charge on any atom is 0.285 e. The molecule has 0 radical (unpaired) electrons. The summed E-state index contributed by atoms with van der Waals surface area (Å²) in [5.74, 6) is 0.428. The molecule has 2 heterocycles. The Morgan fingerprint density at radius 1 is 1.35 bits per heavy atom. The Labute approximate surface area is 120 Å². The highest BCUT2D eigenvalue weighted by Crippen LogP contribution is 2.20. The standard InChI is InChI=1S/C14H23N5O/c1-4-16-13-9-15-8-12(17-13)14(20)18-19-10(2)6-5-7-11(19)3/h8-11H,4-7H2,1-3H3,(H,16,17)(H,18,20). The van der Waals surface area contributed by atoms with Crippen molar-refractivity contribution in [3.05, 3.63) is 18.1 Å². The topological polar surface area (TPSA) is 70.2 Å². The van der Waals surface area contributed by atoms with Crippen LogP contribution in [0.25, 0.3) is 0 Å². The van der Waals surface area contributed by atoms with E-state index in [9.17, 15) is 4.79 Å². The molecule has 0 aromatic carbocycles. The lowest BCUT2D eigenvalue weighted by atomic mass is 10.00. The molecule has 0 spiro atoms. The van der Waals surface area contributed by atoms with Crippen molar-refractivity contribution in [2.24, 2.45) is 0 Å². The Balaban J connectivity index is 2.05. The molecule has 2 N–H and O–H groups in total. The van der Waals surface area contributed by atoms with Crippen LogP contribution in [0.5, 0.6) is 0 Å². The van der Waals surface area contributed by atoms with E-state index >= 15 is 0 Å². The van der Waals surface area contributed by atoms with Gasteiger partial charge in [-0.2, -0.15) is 0 Å². The van der Waals surface area contributed by atoms with Crippen molar-refractivity contribution >= 4 is 11.7 Å². The quantitative estimate of drug-likeness (QED) is 0.878. The molecule has 2 unspecified atom stereocenters. The van der Waals surface area contributed by atoms with Gasteiger partial charge in [0.25, 0.3) is 5.91 Å². The van der Waals surface area contributed by atoms with Crippen LogP contribution in [-0.4, -0.2) is 39.5 Å². The number of nitrogens with zero attached hydrogens (tertiary/aromatic N) is 3. The Hall–Kier alpha value is -1.69. The summed E-state index contributed by atoms with van der Waals surface area (Å²) in [4.78, 5) is 20.6. The van der Waals surface area contributed by atoms with Gasteiger partial charge in [0, 0.05) is 18.6 Å². The minimum absolute atomic E-state index is 0.196. The van der Waals surface area contributed by atoms with E-state index in [0.717, 1.165) is 19.4 Å². The van der Waals surface area contributed by atoms with Crippen LogP contribution in [0.1, 0.15) is 50.5 Å². The van der Waals surface area contributed by atoms with Crippen molar-refractivity contribution < 1.29 is 4.79 Å². The summed E-state index contributed by atoms with van der Waals surface area (Å²) in [6, 6.07) is 0.709. The average Bonchev–Trinajstić information content (AvgIpc) is 2.43. The predicted molar refractivity (Wildman–Crippen MR) is 78.3 cm³/mol. The van der Waals surface area contributed by atoms with Gasteiger partial charge in [0.05, 0.1) is 12.4 Å². The third-order valence-electron chi connectivity index (χ3n) is 3.65. The molecule has 1 saturated heterocycles. The van der Waals surface area contributed by atoms with Gasteiger partial charge in [-0.1, -0.05) is 6.42 Å². The Kier molecular flexibility index (Phi) is 4.89. The van der Waals surface area contributed by atoms with Crippen LogP contribution in [0, 0.1) is 0 Å². The van der Waals surface area contributed by atoms with Crippen molar-refractivity contribution in [1.82, 2.24) is 20.4 Å². The van der Waals surface area contributed by atoms with Gasteiger partial charge < -0.3 is 5.32 Å². The number of piperidine rings is 1. The first kappa shape index (κ1) is 14.7. The van der Waals surface area contributed by atoms with Gasteiger partial charge in [0.1, 0.15) is 11.5 Å². The van der Waals surface area contributed by atoms with E-state index in [2.05, 4.69) is 34.6 Å². The van der Waals surface area contributed by atoms with E-state index in [1.807, 2.05) is 11.9 Å². The Morgan fingerprint density at radius 2 is 2.05 bits per heavy atom. The predicted octanol–water partition coefficient (Wildman–Crippen LogP) is 1.82. The fourth-order valence-electron chi connectivity index (χ4n) is 2.56. The van der Waals surface area contributed by atoms with E-state index < -0.39 is 0 Å². The van der Waals surface area contributed by atoms with Gasteiger partial charge in [0.15, 0.2) is 0 Å². The SMILES string of the molecule is CCNc1cncc(C(=O)NN2C(C)CCCC2C)n1. The normalized spacial score (nSPS) is 23.4. The molecule has 0 aliphatic carbocycles. The van der Waals surface area contributed by atoms with Crippen LogP contribution in [0.2, 0.25) is 0 Å². The Bertz CT molecular complexity index is 455. The summed E-state index contributed by atoms with van der Waals surface area (Å²) in [5, 5.41) is 5.09. The second-order valence-corrected chi connectivity index (χ2v) is 5.30. The third-order valence-corrected chi connectivity index (χ3v) is 3.65. The number of rotatable bonds is 4. The summed E-state index contributed by atoms with van der Waals surface area (Å²) in [7, 11) is 0. The molecule has 1 aromatic rings. The van der Waals surface area contributed by atoms with E-state index in [4.69, 9.17) is 0 Å². The van der Waals surface area contributed by atoms with Crippen molar-refractivity contribution in [3.63, 3.8) is 0 Å². The highest BCUT2D eigenvalue weighted by molar-refractivity contribution is 5.91. The van der Waals surface area contributed by atoms with Gasteiger partial charge in [0.2, 0.25) is 0 Å². The molecule has 1 aromatic heterocycles. The first-order valence-electron chi connectivity index (χ1n) is 7.27. The number of carbonyl (C=O) groups is 1. The number of amides is 1. The molecule has 1 aliphatic heterocycles. The van der Waals surface area contributed by atoms with Crippen LogP contribution in [0.4, 0.5) is 5.82 Å². The lowest BCUT2D eigenvalue weighted by Crippen LogP contribution is -2.54. The summed E-state index contributed by atoms with van der Waals surface area (Å²) in [6.07, 6.45) is 6.54.